The van der Waals surface area contributed by atoms with Gasteiger partial charge in [0.25, 0.3) is 0 Å². The van der Waals surface area contributed by atoms with Gasteiger partial charge in [-0.1, -0.05) is 43.3 Å². The Labute approximate surface area is 154 Å². The van der Waals surface area contributed by atoms with E-state index in [-0.39, 0.29) is 5.78 Å². The highest BCUT2D eigenvalue weighted by Gasteiger charge is 2.15. The van der Waals surface area contributed by atoms with Gasteiger partial charge in [-0.25, -0.2) is 4.98 Å². The van der Waals surface area contributed by atoms with E-state index < -0.39 is 0 Å². The van der Waals surface area contributed by atoms with E-state index >= 15 is 0 Å². The van der Waals surface area contributed by atoms with Gasteiger partial charge < -0.3 is 0 Å². The number of pyridine rings is 1. The van der Waals surface area contributed by atoms with Crippen molar-refractivity contribution in [2.24, 2.45) is 0 Å². The molecular weight excluding hydrogens is 328 g/mol. The maximum atomic E-state index is 12.5. The molecule has 25 heavy (non-hydrogen) atoms. The number of ketones is 1. The zero-order valence-electron chi connectivity index (χ0n) is 15.3. The van der Waals surface area contributed by atoms with Gasteiger partial charge in [0.05, 0.1) is 11.3 Å². The molecule has 4 heteroatoms. The molecule has 0 radical (unpaired) electrons. The van der Waals surface area contributed by atoms with E-state index in [0.717, 1.165) is 41.6 Å². The molecule has 0 spiro atoms. The highest BCUT2D eigenvalue weighted by Crippen LogP contribution is 2.27. The monoisotopic (exact) mass is 352 g/mol. The predicted molar refractivity (Wildman–Crippen MR) is 103 cm³/mol. The summed E-state index contributed by atoms with van der Waals surface area (Å²) in [5.41, 5.74) is 5.42. The van der Waals surface area contributed by atoms with Crippen molar-refractivity contribution in [1.29, 1.82) is 5.26 Å². The SMILES string of the molecule is CCCCc1cccc(C(=O)CSc2nc(C)c(C)c(C)c2C#N)c1. The minimum atomic E-state index is 0.0740. The first-order valence-corrected chi connectivity index (χ1v) is 9.59. The number of nitriles is 1. The summed E-state index contributed by atoms with van der Waals surface area (Å²) < 4.78 is 0. The normalized spacial score (nSPS) is 10.5. The van der Waals surface area contributed by atoms with Crippen LogP contribution >= 0.6 is 11.8 Å². The van der Waals surface area contributed by atoms with Gasteiger partial charge in [-0.3, -0.25) is 4.79 Å². The van der Waals surface area contributed by atoms with Crippen LogP contribution < -0.4 is 0 Å². The average Bonchev–Trinajstić information content (AvgIpc) is 2.62. The molecule has 0 saturated heterocycles. The van der Waals surface area contributed by atoms with Gasteiger partial charge in [0.2, 0.25) is 0 Å². The highest BCUT2D eigenvalue weighted by molar-refractivity contribution is 8.00. The van der Waals surface area contributed by atoms with Crippen LogP contribution in [-0.4, -0.2) is 16.5 Å². The minimum Gasteiger partial charge on any atom is -0.293 e. The fraction of sp³-hybridized carbons (Fsp3) is 0.381. The van der Waals surface area contributed by atoms with Crippen LogP contribution in [0.15, 0.2) is 29.3 Å². The molecule has 0 saturated carbocycles. The smallest absolute Gasteiger partial charge is 0.173 e. The van der Waals surface area contributed by atoms with Crippen LogP contribution in [0.5, 0.6) is 0 Å². The average molecular weight is 353 g/mol. The van der Waals surface area contributed by atoms with Crippen molar-refractivity contribution in [3.63, 3.8) is 0 Å². The summed E-state index contributed by atoms with van der Waals surface area (Å²) in [5, 5.41) is 10.1. The molecule has 1 aromatic heterocycles. The lowest BCUT2D eigenvalue weighted by atomic mass is 10.0. The van der Waals surface area contributed by atoms with Crippen LogP contribution in [0, 0.1) is 32.1 Å². The maximum Gasteiger partial charge on any atom is 0.173 e. The predicted octanol–water partition coefficient (Wildman–Crippen LogP) is 5.20. The third kappa shape index (κ3) is 4.70. The molecule has 0 amide bonds. The number of benzene rings is 1. The van der Waals surface area contributed by atoms with Crippen LogP contribution in [-0.2, 0) is 6.42 Å². The van der Waals surface area contributed by atoms with Crippen molar-refractivity contribution >= 4 is 17.5 Å². The molecule has 1 aromatic carbocycles. The Hall–Kier alpha value is -2.12. The molecule has 0 unspecified atom stereocenters. The van der Waals surface area contributed by atoms with Gasteiger partial charge in [-0.2, -0.15) is 5.26 Å². The number of carbonyl (C=O) groups is 1. The number of hydrogen-bond donors (Lipinski definition) is 0. The summed E-state index contributed by atoms with van der Waals surface area (Å²) in [6, 6.07) is 10.1. The Kier molecular flexibility index (Phi) is 6.78. The largest absolute Gasteiger partial charge is 0.293 e. The minimum absolute atomic E-state index is 0.0740. The Morgan fingerprint density at radius 2 is 2.00 bits per heavy atom. The first kappa shape index (κ1) is 19.2. The van der Waals surface area contributed by atoms with Gasteiger partial charge in [0, 0.05) is 11.3 Å². The molecule has 0 aliphatic carbocycles. The molecule has 0 aliphatic rings. The Bertz CT molecular complexity index is 821. The third-order valence-electron chi connectivity index (χ3n) is 4.48. The summed E-state index contributed by atoms with van der Waals surface area (Å²) in [6.45, 7) is 8.01. The van der Waals surface area contributed by atoms with E-state index in [1.54, 1.807) is 0 Å². The van der Waals surface area contributed by atoms with Gasteiger partial charge in [-0.15, -0.1) is 0 Å². The van der Waals surface area contributed by atoms with Gasteiger partial charge in [-0.05, 0) is 56.4 Å². The highest BCUT2D eigenvalue weighted by atomic mass is 32.2. The molecule has 130 valence electrons. The van der Waals surface area contributed by atoms with Crippen molar-refractivity contribution in [2.45, 2.75) is 52.0 Å². The van der Waals surface area contributed by atoms with E-state index in [0.29, 0.717) is 16.3 Å². The fourth-order valence-corrected chi connectivity index (χ4v) is 3.62. The number of unbranched alkanes of at least 4 members (excludes halogenated alkanes) is 1. The van der Waals surface area contributed by atoms with Crippen LogP contribution in [0.1, 0.15) is 58.1 Å². The first-order valence-electron chi connectivity index (χ1n) is 8.60. The molecule has 0 bridgehead atoms. The molecule has 1 heterocycles. The Morgan fingerprint density at radius 3 is 2.68 bits per heavy atom. The maximum absolute atomic E-state index is 12.5. The lowest BCUT2D eigenvalue weighted by Gasteiger charge is -2.11. The van der Waals surface area contributed by atoms with Crippen molar-refractivity contribution < 1.29 is 4.79 Å². The zero-order chi connectivity index (χ0) is 18.4. The van der Waals surface area contributed by atoms with Crippen molar-refractivity contribution in [3.05, 3.63) is 57.8 Å². The number of aryl methyl sites for hydroxylation is 2. The summed E-state index contributed by atoms with van der Waals surface area (Å²) in [7, 11) is 0. The first-order chi connectivity index (χ1) is 12.0. The second-order valence-corrected chi connectivity index (χ2v) is 7.22. The summed E-state index contributed by atoms with van der Waals surface area (Å²) in [5.74, 6) is 0.367. The molecule has 3 nitrogen and oxygen atoms in total. The zero-order valence-corrected chi connectivity index (χ0v) is 16.2. The fourth-order valence-electron chi connectivity index (χ4n) is 2.65. The quantitative estimate of drug-likeness (QED) is 0.508. The van der Waals surface area contributed by atoms with E-state index in [1.807, 2.05) is 39.0 Å². The standard InChI is InChI=1S/C21H24N2OS/c1-5-6-8-17-9-7-10-18(11-17)20(24)13-25-21-19(12-22)15(3)14(2)16(4)23-21/h7,9-11H,5-6,8,13H2,1-4H3. The molecular formula is C21H24N2OS. The van der Waals surface area contributed by atoms with Gasteiger partial charge >= 0.3 is 0 Å². The Morgan fingerprint density at radius 1 is 1.24 bits per heavy atom. The number of nitrogens with zero attached hydrogens (tertiary/aromatic N) is 2. The molecule has 0 N–H and O–H groups in total. The molecule has 0 fully saturated rings. The summed E-state index contributed by atoms with van der Waals surface area (Å²) in [4.78, 5) is 17.1. The second kappa shape index (κ2) is 8.82. The molecule has 0 atom stereocenters. The van der Waals surface area contributed by atoms with Crippen LogP contribution in [0.25, 0.3) is 0 Å². The third-order valence-corrected chi connectivity index (χ3v) is 5.46. The molecule has 0 aliphatic heterocycles. The van der Waals surface area contributed by atoms with Crippen LogP contribution in [0.2, 0.25) is 0 Å². The number of hydrogen-bond acceptors (Lipinski definition) is 4. The second-order valence-electron chi connectivity index (χ2n) is 6.25. The van der Waals surface area contributed by atoms with E-state index in [2.05, 4.69) is 24.0 Å². The number of Topliss-reactive ketones (excluding diaryl/α,β-unsaturated/α-hetero) is 1. The van der Waals surface area contributed by atoms with E-state index in [9.17, 15) is 10.1 Å². The lowest BCUT2D eigenvalue weighted by Crippen LogP contribution is -2.05. The van der Waals surface area contributed by atoms with Crippen LogP contribution in [0.4, 0.5) is 0 Å². The van der Waals surface area contributed by atoms with Crippen LogP contribution in [0.3, 0.4) is 0 Å². The van der Waals surface area contributed by atoms with Gasteiger partial charge in [0.1, 0.15) is 11.1 Å². The summed E-state index contributed by atoms with van der Waals surface area (Å²) >= 11 is 1.35. The van der Waals surface area contributed by atoms with Crippen molar-refractivity contribution in [3.8, 4) is 6.07 Å². The molecule has 2 rings (SSSR count). The number of carbonyl (C=O) groups excluding carboxylic acids is 1. The van der Waals surface area contributed by atoms with Crippen molar-refractivity contribution in [1.82, 2.24) is 4.98 Å². The number of thioether (sulfide) groups is 1. The Balaban J connectivity index is 2.14. The van der Waals surface area contributed by atoms with E-state index in [4.69, 9.17) is 0 Å². The summed E-state index contributed by atoms with van der Waals surface area (Å²) in [6.07, 6.45) is 3.27. The number of aromatic nitrogens is 1. The van der Waals surface area contributed by atoms with E-state index in [1.165, 1.54) is 17.3 Å². The lowest BCUT2D eigenvalue weighted by molar-refractivity contribution is 0.102. The topological polar surface area (TPSA) is 53.8 Å². The van der Waals surface area contributed by atoms with Gasteiger partial charge in [0.15, 0.2) is 5.78 Å². The number of rotatable bonds is 7. The molecule has 2 aromatic rings. The van der Waals surface area contributed by atoms with Crippen molar-refractivity contribution in [2.75, 3.05) is 5.75 Å².